The van der Waals surface area contributed by atoms with Gasteiger partial charge in [0.05, 0.1) is 12.0 Å². The molecule has 0 amide bonds. The molecule has 2 heterocycles. The summed E-state index contributed by atoms with van der Waals surface area (Å²) < 4.78 is 5.09. The van der Waals surface area contributed by atoms with Gasteiger partial charge in [0, 0.05) is 18.7 Å². The highest BCUT2D eigenvalue weighted by Gasteiger charge is 2.12. The van der Waals surface area contributed by atoms with Gasteiger partial charge in [0.15, 0.2) is 11.5 Å². The van der Waals surface area contributed by atoms with E-state index in [-0.39, 0.29) is 5.78 Å². The van der Waals surface area contributed by atoms with Crippen molar-refractivity contribution in [3.63, 3.8) is 0 Å². The summed E-state index contributed by atoms with van der Waals surface area (Å²) in [6.07, 6.45) is 3.19. The lowest BCUT2D eigenvalue weighted by atomic mass is 10.1. The molecule has 3 nitrogen and oxygen atoms in total. The van der Waals surface area contributed by atoms with Crippen LogP contribution < -0.4 is 0 Å². The molecule has 14 heavy (non-hydrogen) atoms. The van der Waals surface area contributed by atoms with Gasteiger partial charge in [-0.2, -0.15) is 0 Å². The summed E-state index contributed by atoms with van der Waals surface area (Å²) >= 11 is 0. The van der Waals surface area contributed by atoms with Gasteiger partial charge in [0.25, 0.3) is 0 Å². The van der Waals surface area contributed by atoms with Gasteiger partial charge >= 0.3 is 0 Å². The number of carbonyl (C=O) groups is 1. The molecule has 0 saturated heterocycles. The van der Waals surface area contributed by atoms with Crippen LogP contribution in [0.1, 0.15) is 17.5 Å². The van der Waals surface area contributed by atoms with Crippen LogP contribution in [0.4, 0.5) is 0 Å². The van der Waals surface area contributed by atoms with E-state index < -0.39 is 0 Å². The maximum atomic E-state index is 11.2. The Morgan fingerprint density at radius 3 is 2.86 bits per heavy atom. The molecule has 3 heteroatoms. The Bertz CT molecular complexity index is 445. The fraction of sp³-hybridized carbons (Fsp3) is 0.0909. The van der Waals surface area contributed by atoms with Crippen LogP contribution in [0.2, 0.25) is 0 Å². The number of Topliss-reactive ketones (excluding diaryl/α,β-unsaturated/α-hetero) is 1. The van der Waals surface area contributed by atoms with Crippen LogP contribution in [0.25, 0.3) is 11.3 Å². The van der Waals surface area contributed by atoms with E-state index in [1.807, 2.05) is 18.2 Å². The first-order valence-corrected chi connectivity index (χ1v) is 4.29. The third-order valence-electron chi connectivity index (χ3n) is 1.93. The first kappa shape index (κ1) is 8.69. The Balaban J connectivity index is 2.52. The van der Waals surface area contributed by atoms with Gasteiger partial charge in [0.2, 0.25) is 0 Å². The molecule has 0 bridgehead atoms. The fourth-order valence-corrected chi connectivity index (χ4v) is 1.31. The van der Waals surface area contributed by atoms with Gasteiger partial charge in [-0.3, -0.25) is 9.78 Å². The topological polar surface area (TPSA) is 43.1 Å². The zero-order chi connectivity index (χ0) is 9.97. The first-order valence-electron chi connectivity index (χ1n) is 4.29. The number of aromatic nitrogens is 1. The average Bonchev–Trinajstić information content (AvgIpc) is 2.67. The summed E-state index contributed by atoms with van der Waals surface area (Å²) in [5, 5.41) is 0. The Kier molecular flexibility index (Phi) is 2.14. The number of ketones is 1. The van der Waals surface area contributed by atoms with Gasteiger partial charge in [-0.05, 0) is 18.2 Å². The second-order valence-corrected chi connectivity index (χ2v) is 2.93. The second kappa shape index (κ2) is 3.46. The molecule has 0 aromatic carbocycles. The number of carbonyl (C=O) groups excluding carboxylic acids is 1. The van der Waals surface area contributed by atoms with Gasteiger partial charge in [0.1, 0.15) is 0 Å². The number of pyridine rings is 1. The molecule has 0 unspecified atom stereocenters. The lowest BCUT2D eigenvalue weighted by Gasteiger charge is -1.97. The van der Waals surface area contributed by atoms with Gasteiger partial charge in [-0.15, -0.1) is 0 Å². The standard InChI is InChI=1S/C11H9NO2/c1-8(13)11-9(5-7-14-11)10-4-2-3-6-12-10/h2-7H,1H3. The van der Waals surface area contributed by atoms with E-state index in [1.165, 1.54) is 13.2 Å². The molecule has 0 atom stereocenters. The van der Waals surface area contributed by atoms with Crippen LogP contribution in [0.3, 0.4) is 0 Å². The van der Waals surface area contributed by atoms with E-state index in [0.29, 0.717) is 5.76 Å². The highest BCUT2D eigenvalue weighted by molar-refractivity contribution is 5.97. The fourth-order valence-electron chi connectivity index (χ4n) is 1.31. The molecular weight excluding hydrogens is 178 g/mol. The van der Waals surface area contributed by atoms with Crippen molar-refractivity contribution in [2.24, 2.45) is 0 Å². The lowest BCUT2D eigenvalue weighted by Crippen LogP contribution is -1.92. The zero-order valence-electron chi connectivity index (χ0n) is 7.73. The summed E-state index contributed by atoms with van der Waals surface area (Å²) in [6.45, 7) is 1.48. The molecule has 0 aliphatic carbocycles. The predicted molar refractivity (Wildman–Crippen MR) is 51.9 cm³/mol. The van der Waals surface area contributed by atoms with Crippen molar-refractivity contribution < 1.29 is 9.21 Å². The smallest absolute Gasteiger partial charge is 0.195 e. The van der Waals surface area contributed by atoms with Crippen LogP contribution in [-0.4, -0.2) is 10.8 Å². The van der Waals surface area contributed by atoms with Crippen molar-refractivity contribution in [3.05, 3.63) is 42.5 Å². The largest absolute Gasteiger partial charge is 0.461 e. The molecule has 2 aromatic heterocycles. The molecule has 0 aliphatic heterocycles. The van der Waals surface area contributed by atoms with E-state index in [9.17, 15) is 4.79 Å². The van der Waals surface area contributed by atoms with Crippen molar-refractivity contribution in [3.8, 4) is 11.3 Å². The summed E-state index contributed by atoms with van der Waals surface area (Å²) in [7, 11) is 0. The zero-order valence-corrected chi connectivity index (χ0v) is 7.73. The molecule has 0 saturated carbocycles. The van der Waals surface area contributed by atoms with Crippen molar-refractivity contribution in [1.29, 1.82) is 0 Å². The van der Waals surface area contributed by atoms with E-state index in [1.54, 1.807) is 12.3 Å². The monoisotopic (exact) mass is 187 g/mol. The van der Waals surface area contributed by atoms with E-state index in [0.717, 1.165) is 11.3 Å². The quantitative estimate of drug-likeness (QED) is 0.678. The Hall–Kier alpha value is -1.90. The minimum Gasteiger partial charge on any atom is -0.461 e. The summed E-state index contributed by atoms with van der Waals surface area (Å²) in [6, 6.07) is 7.30. The molecule has 0 N–H and O–H groups in total. The third-order valence-corrected chi connectivity index (χ3v) is 1.93. The van der Waals surface area contributed by atoms with Crippen LogP contribution >= 0.6 is 0 Å². The second-order valence-electron chi connectivity index (χ2n) is 2.93. The first-order chi connectivity index (χ1) is 6.79. The minimum absolute atomic E-state index is 0.0874. The van der Waals surface area contributed by atoms with Crippen molar-refractivity contribution in [1.82, 2.24) is 4.98 Å². The van der Waals surface area contributed by atoms with Gasteiger partial charge in [-0.25, -0.2) is 0 Å². The number of nitrogens with zero attached hydrogens (tertiary/aromatic N) is 1. The number of furan rings is 1. The van der Waals surface area contributed by atoms with Crippen molar-refractivity contribution >= 4 is 5.78 Å². The Morgan fingerprint density at radius 2 is 2.21 bits per heavy atom. The van der Waals surface area contributed by atoms with Crippen molar-refractivity contribution in [2.45, 2.75) is 6.92 Å². The predicted octanol–water partition coefficient (Wildman–Crippen LogP) is 2.54. The van der Waals surface area contributed by atoms with Crippen LogP contribution in [0, 0.1) is 0 Å². The summed E-state index contributed by atoms with van der Waals surface area (Å²) in [5.41, 5.74) is 1.50. The molecule has 2 rings (SSSR count). The highest BCUT2D eigenvalue weighted by atomic mass is 16.3. The maximum Gasteiger partial charge on any atom is 0.195 e. The Labute approximate surface area is 81.4 Å². The Morgan fingerprint density at radius 1 is 1.36 bits per heavy atom. The maximum absolute atomic E-state index is 11.2. The minimum atomic E-state index is -0.0874. The van der Waals surface area contributed by atoms with Crippen LogP contribution in [0.15, 0.2) is 41.1 Å². The third kappa shape index (κ3) is 1.44. The number of hydrogen-bond acceptors (Lipinski definition) is 3. The van der Waals surface area contributed by atoms with Gasteiger partial charge < -0.3 is 4.42 Å². The lowest BCUT2D eigenvalue weighted by molar-refractivity contribution is 0.0988. The average molecular weight is 187 g/mol. The molecule has 2 aromatic rings. The number of rotatable bonds is 2. The highest BCUT2D eigenvalue weighted by Crippen LogP contribution is 2.22. The molecule has 0 aliphatic rings. The summed E-state index contributed by atoms with van der Waals surface area (Å²) in [4.78, 5) is 15.3. The SMILES string of the molecule is CC(=O)c1occc1-c1ccccn1. The van der Waals surface area contributed by atoms with Crippen molar-refractivity contribution in [2.75, 3.05) is 0 Å². The normalized spacial score (nSPS) is 10.1. The van der Waals surface area contributed by atoms with E-state index >= 15 is 0 Å². The molecular formula is C11H9NO2. The molecule has 0 fully saturated rings. The van der Waals surface area contributed by atoms with Gasteiger partial charge in [-0.1, -0.05) is 6.07 Å². The molecule has 0 radical (unpaired) electrons. The van der Waals surface area contributed by atoms with E-state index in [2.05, 4.69) is 4.98 Å². The van der Waals surface area contributed by atoms with E-state index in [4.69, 9.17) is 4.42 Å². The van der Waals surface area contributed by atoms with Crippen LogP contribution in [0.5, 0.6) is 0 Å². The molecule has 0 spiro atoms. The summed E-state index contributed by atoms with van der Waals surface area (Å²) in [5.74, 6) is 0.277. The molecule has 70 valence electrons. The number of hydrogen-bond donors (Lipinski definition) is 0. The van der Waals surface area contributed by atoms with Crippen LogP contribution in [-0.2, 0) is 0 Å².